The predicted molar refractivity (Wildman–Crippen MR) is 80.5 cm³/mol. The van der Waals surface area contributed by atoms with Gasteiger partial charge in [-0.2, -0.15) is 0 Å². The third-order valence-corrected chi connectivity index (χ3v) is 2.37. The summed E-state index contributed by atoms with van der Waals surface area (Å²) in [5, 5.41) is 9.41. The first-order valence-electron chi connectivity index (χ1n) is 5.61. The van der Waals surface area contributed by atoms with Crippen LogP contribution in [0, 0.1) is 0 Å². The number of amides is 1. The highest BCUT2D eigenvalue weighted by molar-refractivity contribution is 5.93. The average molecular weight is 319 g/mol. The van der Waals surface area contributed by atoms with E-state index in [1.165, 1.54) is 0 Å². The zero-order chi connectivity index (χ0) is 12.8. The van der Waals surface area contributed by atoms with Crippen molar-refractivity contribution in [3.05, 3.63) is 36.3 Å². The SMILES string of the molecule is CNCCNC(=O)c1cc(-c2ccncc2)on1.Cl.Cl. The second-order valence-electron chi connectivity index (χ2n) is 3.67. The molecule has 0 unspecified atom stereocenters. The maximum atomic E-state index is 11.7. The molecule has 0 atom stereocenters. The molecule has 2 N–H and O–H groups in total. The van der Waals surface area contributed by atoms with Crippen molar-refractivity contribution in [3.8, 4) is 11.3 Å². The van der Waals surface area contributed by atoms with E-state index in [0.717, 1.165) is 5.56 Å². The van der Waals surface area contributed by atoms with Crippen molar-refractivity contribution in [2.45, 2.75) is 0 Å². The minimum absolute atomic E-state index is 0. The molecule has 0 aliphatic carbocycles. The molecule has 0 fully saturated rings. The summed E-state index contributed by atoms with van der Waals surface area (Å²) < 4.78 is 5.12. The van der Waals surface area contributed by atoms with E-state index in [2.05, 4.69) is 20.8 Å². The smallest absolute Gasteiger partial charge is 0.273 e. The first kappa shape index (κ1) is 18.4. The Bertz CT molecular complexity index is 519. The topological polar surface area (TPSA) is 80.0 Å². The number of carbonyl (C=O) groups excluding carboxylic acids is 1. The van der Waals surface area contributed by atoms with Crippen LogP contribution in [-0.4, -0.2) is 36.2 Å². The number of likely N-dealkylation sites (N-methyl/N-ethyl adjacent to an activating group) is 1. The van der Waals surface area contributed by atoms with Crippen LogP contribution in [0.1, 0.15) is 10.5 Å². The van der Waals surface area contributed by atoms with E-state index in [1.807, 2.05) is 7.05 Å². The molecular formula is C12H16Cl2N4O2. The summed E-state index contributed by atoms with van der Waals surface area (Å²) in [6, 6.07) is 5.20. The summed E-state index contributed by atoms with van der Waals surface area (Å²) in [5.74, 6) is 0.311. The van der Waals surface area contributed by atoms with Crippen molar-refractivity contribution in [3.63, 3.8) is 0 Å². The first-order chi connectivity index (χ1) is 8.81. The minimum Gasteiger partial charge on any atom is -0.355 e. The standard InChI is InChI=1S/C12H14N4O2.2ClH/c1-13-6-7-15-12(17)10-8-11(18-16-10)9-2-4-14-5-3-9;;/h2-5,8,13H,6-7H2,1H3,(H,15,17);2*1H. The maximum absolute atomic E-state index is 11.7. The second kappa shape index (κ2) is 9.30. The molecule has 0 bridgehead atoms. The highest BCUT2D eigenvalue weighted by Crippen LogP contribution is 2.18. The quantitative estimate of drug-likeness (QED) is 0.817. The zero-order valence-electron chi connectivity index (χ0n) is 10.8. The number of nitrogens with zero attached hydrogens (tertiary/aromatic N) is 2. The van der Waals surface area contributed by atoms with Crippen LogP contribution in [0.5, 0.6) is 0 Å². The van der Waals surface area contributed by atoms with Gasteiger partial charge in [-0.15, -0.1) is 24.8 Å². The van der Waals surface area contributed by atoms with Crippen molar-refractivity contribution in [1.29, 1.82) is 0 Å². The number of nitrogens with one attached hydrogen (secondary N) is 2. The maximum Gasteiger partial charge on any atom is 0.273 e. The average Bonchev–Trinajstić information content (AvgIpc) is 2.89. The van der Waals surface area contributed by atoms with Gasteiger partial charge in [0.1, 0.15) is 0 Å². The van der Waals surface area contributed by atoms with Gasteiger partial charge in [0.25, 0.3) is 5.91 Å². The van der Waals surface area contributed by atoms with E-state index >= 15 is 0 Å². The molecule has 2 aromatic rings. The Morgan fingerprint density at radius 2 is 1.95 bits per heavy atom. The van der Waals surface area contributed by atoms with Gasteiger partial charge < -0.3 is 15.2 Å². The summed E-state index contributed by atoms with van der Waals surface area (Å²) in [6.07, 6.45) is 3.31. The van der Waals surface area contributed by atoms with E-state index < -0.39 is 0 Å². The molecule has 0 saturated carbocycles. The molecule has 6 nitrogen and oxygen atoms in total. The Kier molecular flexibility index (Phi) is 8.54. The van der Waals surface area contributed by atoms with Crippen LogP contribution in [0.4, 0.5) is 0 Å². The Labute approximate surface area is 129 Å². The fourth-order valence-corrected chi connectivity index (χ4v) is 1.43. The van der Waals surface area contributed by atoms with Crippen LogP contribution >= 0.6 is 24.8 Å². The molecule has 1 amide bonds. The number of hydrogen-bond donors (Lipinski definition) is 2. The van der Waals surface area contributed by atoms with E-state index in [4.69, 9.17) is 4.52 Å². The normalized spacial score (nSPS) is 9.25. The van der Waals surface area contributed by atoms with Gasteiger partial charge in [0.05, 0.1) is 0 Å². The molecule has 8 heteroatoms. The lowest BCUT2D eigenvalue weighted by atomic mass is 10.2. The van der Waals surface area contributed by atoms with Gasteiger partial charge in [-0.05, 0) is 19.2 Å². The highest BCUT2D eigenvalue weighted by atomic mass is 35.5. The van der Waals surface area contributed by atoms with Crippen LogP contribution in [0.2, 0.25) is 0 Å². The molecule has 110 valence electrons. The van der Waals surface area contributed by atoms with Crippen molar-refractivity contribution < 1.29 is 9.32 Å². The largest absolute Gasteiger partial charge is 0.355 e. The molecule has 0 aliphatic rings. The monoisotopic (exact) mass is 318 g/mol. The first-order valence-corrected chi connectivity index (χ1v) is 5.61. The van der Waals surface area contributed by atoms with E-state index in [1.54, 1.807) is 30.6 Å². The van der Waals surface area contributed by atoms with Gasteiger partial charge in [-0.1, -0.05) is 5.16 Å². The second-order valence-corrected chi connectivity index (χ2v) is 3.67. The van der Waals surface area contributed by atoms with Gasteiger partial charge in [-0.3, -0.25) is 9.78 Å². The fourth-order valence-electron chi connectivity index (χ4n) is 1.43. The molecular weight excluding hydrogens is 303 g/mol. The van der Waals surface area contributed by atoms with Crippen LogP contribution in [0.15, 0.2) is 35.1 Å². The number of aromatic nitrogens is 2. The summed E-state index contributed by atoms with van der Waals surface area (Å²) in [7, 11) is 1.82. The molecule has 2 heterocycles. The molecule has 2 rings (SSSR count). The predicted octanol–water partition coefficient (Wildman–Crippen LogP) is 1.53. The Morgan fingerprint density at radius 1 is 1.25 bits per heavy atom. The van der Waals surface area contributed by atoms with Crippen LogP contribution in [-0.2, 0) is 0 Å². The van der Waals surface area contributed by atoms with E-state index in [9.17, 15) is 4.79 Å². The third kappa shape index (κ3) is 4.80. The molecule has 2 aromatic heterocycles. The number of pyridine rings is 1. The van der Waals surface area contributed by atoms with Crippen molar-refractivity contribution in [2.24, 2.45) is 0 Å². The Morgan fingerprint density at radius 3 is 2.60 bits per heavy atom. The minimum atomic E-state index is -0.241. The lowest BCUT2D eigenvalue weighted by Crippen LogP contribution is -2.30. The lowest BCUT2D eigenvalue weighted by Gasteiger charge is -2.00. The number of carbonyl (C=O) groups is 1. The van der Waals surface area contributed by atoms with Gasteiger partial charge >= 0.3 is 0 Å². The van der Waals surface area contributed by atoms with E-state index in [0.29, 0.717) is 18.8 Å². The Hall–Kier alpha value is -1.63. The van der Waals surface area contributed by atoms with Crippen molar-refractivity contribution >= 4 is 30.7 Å². The summed E-state index contributed by atoms with van der Waals surface area (Å²) in [6.45, 7) is 1.26. The molecule has 0 spiro atoms. The molecule has 0 aliphatic heterocycles. The summed E-state index contributed by atoms with van der Waals surface area (Å²) in [4.78, 5) is 15.6. The van der Waals surface area contributed by atoms with Gasteiger partial charge in [0.15, 0.2) is 11.5 Å². The molecule has 0 radical (unpaired) electrons. The number of rotatable bonds is 5. The summed E-state index contributed by atoms with van der Waals surface area (Å²) >= 11 is 0. The lowest BCUT2D eigenvalue weighted by molar-refractivity contribution is 0.0945. The number of hydrogen-bond acceptors (Lipinski definition) is 5. The van der Waals surface area contributed by atoms with Crippen LogP contribution < -0.4 is 10.6 Å². The zero-order valence-corrected chi connectivity index (χ0v) is 12.5. The summed E-state index contributed by atoms with van der Waals surface area (Å²) in [5.41, 5.74) is 1.12. The third-order valence-electron chi connectivity index (χ3n) is 2.37. The Balaban J connectivity index is 0.00000180. The van der Waals surface area contributed by atoms with Crippen molar-refractivity contribution in [1.82, 2.24) is 20.8 Å². The van der Waals surface area contributed by atoms with Crippen molar-refractivity contribution in [2.75, 3.05) is 20.1 Å². The van der Waals surface area contributed by atoms with E-state index in [-0.39, 0.29) is 36.4 Å². The molecule has 20 heavy (non-hydrogen) atoms. The highest BCUT2D eigenvalue weighted by Gasteiger charge is 2.12. The van der Waals surface area contributed by atoms with Gasteiger partial charge in [-0.25, -0.2) is 0 Å². The molecule has 0 saturated heterocycles. The number of halogens is 2. The van der Waals surface area contributed by atoms with Crippen LogP contribution in [0.3, 0.4) is 0 Å². The molecule has 0 aromatic carbocycles. The van der Waals surface area contributed by atoms with Gasteiger partial charge in [0, 0.05) is 37.1 Å². The van der Waals surface area contributed by atoms with Crippen LogP contribution in [0.25, 0.3) is 11.3 Å². The fraction of sp³-hybridized carbons (Fsp3) is 0.250. The van der Waals surface area contributed by atoms with Gasteiger partial charge in [0.2, 0.25) is 0 Å².